The molecule has 0 bridgehead atoms. The summed E-state index contributed by atoms with van der Waals surface area (Å²) in [6, 6.07) is 12.0. The van der Waals surface area contributed by atoms with Crippen molar-refractivity contribution in [1.29, 1.82) is 0 Å². The number of hydrogen-bond donors (Lipinski definition) is 1. The maximum Gasteiger partial charge on any atom is 0.261 e. The van der Waals surface area contributed by atoms with Gasteiger partial charge in [-0.2, -0.15) is 0 Å². The van der Waals surface area contributed by atoms with Gasteiger partial charge >= 0.3 is 0 Å². The second-order valence-corrected chi connectivity index (χ2v) is 7.92. The minimum atomic E-state index is -0.580. The van der Waals surface area contributed by atoms with E-state index in [1.54, 1.807) is 6.92 Å². The third-order valence-corrected chi connectivity index (χ3v) is 4.83. The number of nitrogens with one attached hydrogen (secondary N) is 1. The molecule has 0 heterocycles. The fourth-order valence-electron chi connectivity index (χ4n) is 2.89. The molecule has 4 heteroatoms. The molecule has 1 N–H and O–H groups in total. The predicted octanol–water partition coefficient (Wildman–Crippen LogP) is 5.09. The highest BCUT2D eigenvalue weighted by Gasteiger charge is 2.19. The quantitative estimate of drug-likeness (QED) is 0.691. The minimum absolute atomic E-state index is 0.123. The van der Waals surface area contributed by atoms with Crippen LogP contribution < -0.4 is 14.8 Å². The molecule has 0 saturated carbocycles. The van der Waals surface area contributed by atoms with Gasteiger partial charge in [0.1, 0.15) is 18.1 Å². The van der Waals surface area contributed by atoms with Gasteiger partial charge in [0.15, 0.2) is 6.10 Å². The highest BCUT2D eigenvalue weighted by molar-refractivity contribution is 5.81. The molecule has 2 rings (SSSR count). The molecule has 2 aromatic carbocycles. The van der Waals surface area contributed by atoms with Gasteiger partial charge in [-0.1, -0.05) is 32.0 Å². The summed E-state index contributed by atoms with van der Waals surface area (Å²) in [5, 5.41) is 2.97. The normalized spacial score (nSPS) is 13.1. The van der Waals surface area contributed by atoms with Crippen molar-refractivity contribution >= 4 is 5.91 Å². The van der Waals surface area contributed by atoms with Crippen LogP contribution in [0.25, 0.3) is 0 Å². The first-order valence-electron chi connectivity index (χ1n) is 9.95. The van der Waals surface area contributed by atoms with Crippen LogP contribution in [0.15, 0.2) is 36.4 Å². The Balaban J connectivity index is 1.91. The van der Waals surface area contributed by atoms with Gasteiger partial charge in [0.05, 0.1) is 6.04 Å². The zero-order valence-electron chi connectivity index (χ0n) is 18.1. The highest BCUT2D eigenvalue weighted by atomic mass is 16.5. The van der Waals surface area contributed by atoms with E-state index in [-0.39, 0.29) is 11.9 Å². The van der Waals surface area contributed by atoms with Crippen LogP contribution in [0.2, 0.25) is 0 Å². The molecule has 0 aliphatic rings. The molecule has 0 unspecified atom stereocenters. The molecule has 0 radical (unpaired) electrons. The average molecular weight is 384 g/mol. The molecule has 152 valence electrons. The minimum Gasteiger partial charge on any atom is -0.491 e. The third-order valence-electron chi connectivity index (χ3n) is 4.83. The van der Waals surface area contributed by atoms with Crippen LogP contribution in [-0.4, -0.2) is 24.7 Å². The maximum atomic E-state index is 12.5. The van der Waals surface area contributed by atoms with Gasteiger partial charge in [0.25, 0.3) is 5.91 Å². The average Bonchev–Trinajstić information content (AvgIpc) is 2.62. The SMILES string of the molecule is Cc1ccc(C(C)C)c(O[C@H](C)C(=O)N[C@@H](C)COc2ccc(C)c(C)c2)c1. The van der Waals surface area contributed by atoms with Crippen LogP contribution in [-0.2, 0) is 4.79 Å². The Morgan fingerprint density at radius 2 is 1.68 bits per heavy atom. The number of rotatable bonds is 8. The summed E-state index contributed by atoms with van der Waals surface area (Å²) in [7, 11) is 0. The number of amides is 1. The van der Waals surface area contributed by atoms with E-state index >= 15 is 0 Å². The van der Waals surface area contributed by atoms with E-state index in [1.807, 2.05) is 38.1 Å². The van der Waals surface area contributed by atoms with E-state index < -0.39 is 6.10 Å². The molecule has 0 aliphatic carbocycles. The van der Waals surface area contributed by atoms with Crippen molar-refractivity contribution in [3.05, 3.63) is 58.7 Å². The zero-order valence-corrected chi connectivity index (χ0v) is 18.1. The van der Waals surface area contributed by atoms with Crippen LogP contribution in [0.1, 0.15) is 55.9 Å². The Morgan fingerprint density at radius 3 is 2.32 bits per heavy atom. The van der Waals surface area contributed by atoms with Crippen molar-refractivity contribution in [1.82, 2.24) is 5.32 Å². The van der Waals surface area contributed by atoms with Crippen LogP contribution in [0.5, 0.6) is 11.5 Å². The number of ether oxygens (including phenoxy) is 2. The van der Waals surface area contributed by atoms with Crippen LogP contribution in [0.4, 0.5) is 0 Å². The Hall–Kier alpha value is -2.49. The summed E-state index contributed by atoms with van der Waals surface area (Å²) in [5.74, 6) is 1.77. The predicted molar refractivity (Wildman–Crippen MR) is 114 cm³/mol. The molecule has 2 atom stereocenters. The smallest absolute Gasteiger partial charge is 0.261 e. The Morgan fingerprint density at radius 1 is 0.964 bits per heavy atom. The number of carbonyl (C=O) groups excluding carboxylic acids is 1. The van der Waals surface area contributed by atoms with E-state index in [1.165, 1.54) is 11.1 Å². The second-order valence-electron chi connectivity index (χ2n) is 7.92. The van der Waals surface area contributed by atoms with Crippen molar-refractivity contribution in [2.45, 2.75) is 66.5 Å². The standard InChI is InChI=1S/C24H33NO3/c1-15(2)22-11-8-16(3)12-23(22)28-20(7)24(26)25-19(6)14-27-21-10-9-17(4)18(5)13-21/h8-13,15,19-20H,14H2,1-7H3,(H,25,26)/t19-,20+/m0/s1. The van der Waals surface area contributed by atoms with Crippen LogP contribution in [0, 0.1) is 20.8 Å². The molecule has 0 fully saturated rings. The molecule has 0 aliphatic heterocycles. The lowest BCUT2D eigenvalue weighted by Gasteiger charge is -2.21. The first kappa shape index (κ1) is 21.8. The van der Waals surface area contributed by atoms with Gasteiger partial charge in [-0.15, -0.1) is 0 Å². The van der Waals surface area contributed by atoms with Crippen molar-refractivity contribution in [2.24, 2.45) is 0 Å². The number of carbonyl (C=O) groups is 1. The van der Waals surface area contributed by atoms with E-state index in [9.17, 15) is 4.79 Å². The van der Waals surface area contributed by atoms with Gasteiger partial charge < -0.3 is 14.8 Å². The molecule has 4 nitrogen and oxygen atoms in total. The molecule has 0 spiro atoms. The van der Waals surface area contributed by atoms with Crippen LogP contribution >= 0.6 is 0 Å². The fourth-order valence-corrected chi connectivity index (χ4v) is 2.89. The maximum absolute atomic E-state index is 12.5. The Labute approximate surface area is 169 Å². The van der Waals surface area contributed by atoms with E-state index in [4.69, 9.17) is 9.47 Å². The van der Waals surface area contributed by atoms with E-state index in [2.05, 4.69) is 45.1 Å². The van der Waals surface area contributed by atoms with E-state index in [0.717, 1.165) is 22.6 Å². The molecule has 0 aromatic heterocycles. The van der Waals surface area contributed by atoms with Gasteiger partial charge in [0.2, 0.25) is 0 Å². The third kappa shape index (κ3) is 6.01. The summed E-state index contributed by atoms with van der Waals surface area (Å²) >= 11 is 0. The number of hydrogen-bond acceptors (Lipinski definition) is 3. The number of benzene rings is 2. The zero-order chi connectivity index (χ0) is 20.8. The summed E-state index contributed by atoms with van der Waals surface area (Å²) in [6.45, 7) is 14.5. The second kappa shape index (κ2) is 9.63. The Kier molecular flexibility index (Phi) is 7.50. The molecular weight excluding hydrogens is 350 g/mol. The lowest BCUT2D eigenvalue weighted by Crippen LogP contribution is -2.43. The summed E-state index contributed by atoms with van der Waals surface area (Å²) < 4.78 is 11.8. The lowest BCUT2D eigenvalue weighted by molar-refractivity contribution is -0.128. The topological polar surface area (TPSA) is 47.6 Å². The van der Waals surface area contributed by atoms with Crippen molar-refractivity contribution in [3.8, 4) is 11.5 Å². The van der Waals surface area contributed by atoms with Crippen molar-refractivity contribution in [2.75, 3.05) is 6.61 Å². The van der Waals surface area contributed by atoms with E-state index in [0.29, 0.717) is 12.5 Å². The first-order chi connectivity index (χ1) is 13.2. The monoisotopic (exact) mass is 383 g/mol. The lowest BCUT2D eigenvalue weighted by atomic mass is 10.0. The molecule has 1 amide bonds. The molecule has 2 aromatic rings. The van der Waals surface area contributed by atoms with Crippen LogP contribution in [0.3, 0.4) is 0 Å². The summed E-state index contributed by atoms with van der Waals surface area (Å²) in [5.41, 5.74) is 4.64. The molecule has 28 heavy (non-hydrogen) atoms. The summed E-state index contributed by atoms with van der Waals surface area (Å²) in [6.07, 6.45) is -0.580. The summed E-state index contributed by atoms with van der Waals surface area (Å²) in [4.78, 5) is 12.5. The number of aryl methyl sites for hydroxylation is 3. The Bertz CT molecular complexity index is 813. The van der Waals surface area contributed by atoms with Crippen molar-refractivity contribution in [3.63, 3.8) is 0 Å². The van der Waals surface area contributed by atoms with Crippen molar-refractivity contribution < 1.29 is 14.3 Å². The highest BCUT2D eigenvalue weighted by Crippen LogP contribution is 2.28. The van der Waals surface area contributed by atoms with Gasteiger partial charge in [-0.25, -0.2) is 0 Å². The first-order valence-corrected chi connectivity index (χ1v) is 9.95. The fraction of sp³-hybridized carbons (Fsp3) is 0.458. The molecular formula is C24H33NO3. The largest absolute Gasteiger partial charge is 0.491 e. The molecule has 0 saturated heterocycles. The van der Waals surface area contributed by atoms with Gasteiger partial charge in [-0.05, 0) is 81.0 Å². The van der Waals surface area contributed by atoms with Gasteiger partial charge in [0, 0.05) is 0 Å². The van der Waals surface area contributed by atoms with Gasteiger partial charge in [-0.3, -0.25) is 4.79 Å².